The first kappa shape index (κ1) is 16.9. The molecule has 1 aliphatic heterocycles. The predicted molar refractivity (Wildman–Crippen MR) is 88.0 cm³/mol. The van der Waals surface area contributed by atoms with Crippen molar-refractivity contribution in [2.45, 2.75) is 25.4 Å². The van der Waals surface area contributed by atoms with Gasteiger partial charge in [-0.3, -0.25) is 9.59 Å². The van der Waals surface area contributed by atoms with Gasteiger partial charge < -0.3 is 14.2 Å². The summed E-state index contributed by atoms with van der Waals surface area (Å²) in [7, 11) is 2.44. The molecule has 1 aliphatic rings. The third-order valence-corrected chi connectivity index (χ3v) is 3.98. The predicted octanol–water partition coefficient (Wildman–Crippen LogP) is 1.90. The molecule has 2 aromatic rings. The average Bonchev–Trinajstić information content (AvgIpc) is 3.02. The van der Waals surface area contributed by atoms with E-state index in [1.54, 1.807) is 0 Å². The summed E-state index contributed by atoms with van der Waals surface area (Å²) in [5, 5.41) is 0. The first-order valence-electron chi connectivity index (χ1n) is 7.83. The number of aromatic nitrogens is 2. The van der Waals surface area contributed by atoms with Crippen LogP contribution in [0.2, 0.25) is 0 Å². The molecule has 7 heteroatoms. The van der Waals surface area contributed by atoms with Gasteiger partial charge in [0.25, 0.3) is 0 Å². The zero-order valence-electron chi connectivity index (χ0n) is 14.2. The maximum atomic E-state index is 12.2. The van der Waals surface area contributed by atoms with Gasteiger partial charge in [-0.05, 0) is 6.92 Å². The standard InChI is InChI=1S/C18H18N2O5/c1-10-9-12-14(13(17(21)23-2)18(22)24-3)19-15(20-16(12)25-10)11-7-5-4-6-8-11/h4-8,10,13H,9H2,1-3H3. The second-order valence-corrected chi connectivity index (χ2v) is 5.69. The lowest BCUT2D eigenvalue weighted by molar-refractivity contribution is -0.154. The molecule has 0 amide bonds. The van der Waals surface area contributed by atoms with E-state index < -0.39 is 17.9 Å². The summed E-state index contributed by atoms with van der Waals surface area (Å²) in [6, 6.07) is 9.27. The number of ether oxygens (including phenoxy) is 3. The topological polar surface area (TPSA) is 87.6 Å². The maximum absolute atomic E-state index is 12.2. The highest BCUT2D eigenvalue weighted by Crippen LogP contribution is 2.35. The molecule has 0 radical (unpaired) electrons. The zero-order chi connectivity index (χ0) is 18.0. The molecule has 130 valence electrons. The highest BCUT2D eigenvalue weighted by molar-refractivity contribution is 6.00. The summed E-state index contributed by atoms with van der Waals surface area (Å²) in [5.41, 5.74) is 1.66. The summed E-state index contributed by atoms with van der Waals surface area (Å²) in [4.78, 5) is 33.4. The van der Waals surface area contributed by atoms with Crippen molar-refractivity contribution in [3.05, 3.63) is 41.6 Å². The number of nitrogens with zero attached hydrogens (tertiary/aromatic N) is 2. The van der Waals surface area contributed by atoms with Gasteiger partial charge in [-0.2, -0.15) is 4.98 Å². The van der Waals surface area contributed by atoms with Crippen molar-refractivity contribution in [2.75, 3.05) is 14.2 Å². The van der Waals surface area contributed by atoms with Gasteiger partial charge in [0.1, 0.15) is 6.10 Å². The van der Waals surface area contributed by atoms with E-state index in [1.165, 1.54) is 14.2 Å². The van der Waals surface area contributed by atoms with Crippen LogP contribution in [0.1, 0.15) is 24.1 Å². The Labute approximate surface area is 145 Å². The normalized spacial score (nSPS) is 15.4. The fraction of sp³-hybridized carbons (Fsp3) is 0.333. The molecule has 3 rings (SSSR count). The number of carbonyl (C=O) groups excluding carboxylic acids is 2. The molecular weight excluding hydrogens is 324 g/mol. The Morgan fingerprint density at radius 2 is 1.76 bits per heavy atom. The summed E-state index contributed by atoms with van der Waals surface area (Å²) < 4.78 is 15.3. The van der Waals surface area contributed by atoms with Crippen LogP contribution in [0.15, 0.2) is 30.3 Å². The third-order valence-electron chi connectivity index (χ3n) is 3.98. The minimum absolute atomic E-state index is 0.120. The van der Waals surface area contributed by atoms with Crippen LogP contribution in [0.5, 0.6) is 5.88 Å². The summed E-state index contributed by atoms with van der Waals surface area (Å²) in [6.07, 6.45) is 0.384. The Morgan fingerprint density at radius 1 is 1.12 bits per heavy atom. The van der Waals surface area contributed by atoms with Crippen LogP contribution in [0.25, 0.3) is 11.4 Å². The SMILES string of the molecule is COC(=O)C(C(=O)OC)c1nc(-c2ccccc2)nc2c1CC(C)O2. The number of benzene rings is 1. The van der Waals surface area contributed by atoms with Crippen molar-refractivity contribution in [3.63, 3.8) is 0 Å². The number of methoxy groups -OCH3 is 2. The molecule has 0 saturated heterocycles. The fourth-order valence-corrected chi connectivity index (χ4v) is 2.80. The van der Waals surface area contributed by atoms with Crippen LogP contribution in [0.4, 0.5) is 0 Å². The highest BCUT2D eigenvalue weighted by Gasteiger charge is 2.38. The van der Waals surface area contributed by atoms with Gasteiger partial charge in [-0.1, -0.05) is 30.3 Å². The van der Waals surface area contributed by atoms with Crippen molar-refractivity contribution in [1.29, 1.82) is 0 Å². The van der Waals surface area contributed by atoms with E-state index in [1.807, 2.05) is 37.3 Å². The van der Waals surface area contributed by atoms with Gasteiger partial charge >= 0.3 is 11.9 Å². The van der Waals surface area contributed by atoms with Gasteiger partial charge in [0.2, 0.25) is 5.88 Å². The molecule has 1 atom stereocenters. The molecule has 2 heterocycles. The molecule has 1 unspecified atom stereocenters. The van der Waals surface area contributed by atoms with E-state index in [2.05, 4.69) is 9.97 Å². The summed E-state index contributed by atoms with van der Waals surface area (Å²) in [6.45, 7) is 1.89. The lowest BCUT2D eigenvalue weighted by atomic mass is 9.98. The maximum Gasteiger partial charge on any atom is 0.326 e. The lowest BCUT2D eigenvalue weighted by Gasteiger charge is -2.15. The number of fused-ring (bicyclic) bond motifs is 1. The highest BCUT2D eigenvalue weighted by atomic mass is 16.5. The molecule has 1 aromatic carbocycles. The summed E-state index contributed by atoms with van der Waals surface area (Å²) >= 11 is 0. The van der Waals surface area contributed by atoms with Crippen LogP contribution in [-0.2, 0) is 25.5 Å². The Hall–Kier alpha value is -2.96. The Bertz CT molecular complexity index is 791. The van der Waals surface area contributed by atoms with Gasteiger partial charge in [-0.15, -0.1) is 0 Å². The van der Waals surface area contributed by atoms with Crippen LogP contribution < -0.4 is 4.74 Å². The molecule has 0 bridgehead atoms. The number of carbonyl (C=O) groups is 2. The fourth-order valence-electron chi connectivity index (χ4n) is 2.80. The molecule has 1 aromatic heterocycles. The molecule has 0 saturated carbocycles. The summed E-state index contributed by atoms with van der Waals surface area (Å²) in [5.74, 6) is -1.98. The zero-order valence-corrected chi connectivity index (χ0v) is 14.2. The minimum atomic E-state index is -1.27. The van der Waals surface area contributed by atoms with Gasteiger partial charge in [-0.25, -0.2) is 4.98 Å². The van der Waals surface area contributed by atoms with Crippen molar-refractivity contribution in [1.82, 2.24) is 9.97 Å². The van der Waals surface area contributed by atoms with E-state index in [4.69, 9.17) is 14.2 Å². The van der Waals surface area contributed by atoms with Crippen molar-refractivity contribution in [2.24, 2.45) is 0 Å². The lowest BCUT2D eigenvalue weighted by Crippen LogP contribution is -2.26. The van der Waals surface area contributed by atoms with E-state index in [0.29, 0.717) is 23.7 Å². The Balaban J connectivity index is 2.19. The van der Waals surface area contributed by atoms with E-state index >= 15 is 0 Å². The molecule has 0 aliphatic carbocycles. The third kappa shape index (κ3) is 3.17. The van der Waals surface area contributed by atoms with Crippen molar-refractivity contribution >= 4 is 11.9 Å². The van der Waals surface area contributed by atoms with E-state index in [0.717, 1.165) is 5.56 Å². The molecular formula is C18H18N2O5. The van der Waals surface area contributed by atoms with Crippen LogP contribution in [0, 0.1) is 0 Å². The quantitative estimate of drug-likeness (QED) is 0.619. The first-order valence-corrected chi connectivity index (χ1v) is 7.83. The smallest absolute Gasteiger partial charge is 0.326 e. The van der Waals surface area contributed by atoms with Gasteiger partial charge in [0, 0.05) is 17.5 Å². The van der Waals surface area contributed by atoms with Crippen molar-refractivity contribution < 1.29 is 23.8 Å². The van der Waals surface area contributed by atoms with Crippen LogP contribution in [-0.4, -0.2) is 42.2 Å². The van der Waals surface area contributed by atoms with Gasteiger partial charge in [0.15, 0.2) is 11.7 Å². The molecule has 25 heavy (non-hydrogen) atoms. The van der Waals surface area contributed by atoms with Crippen LogP contribution in [0.3, 0.4) is 0 Å². The van der Waals surface area contributed by atoms with Crippen molar-refractivity contribution in [3.8, 4) is 17.3 Å². The molecule has 0 fully saturated rings. The monoisotopic (exact) mass is 342 g/mol. The van der Waals surface area contributed by atoms with Gasteiger partial charge in [0.05, 0.1) is 19.9 Å². The first-order chi connectivity index (χ1) is 12.0. The molecule has 0 N–H and O–H groups in total. The second kappa shape index (κ2) is 6.88. The largest absolute Gasteiger partial charge is 0.474 e. The Kier molecular flexibility index (Phi) is 4.65. The number of hydrogen-bond donors (Lipinski definition) is 0. The number of rotatable bonds is 4. The average molecular weight is 342 g/mol. The number of hydrogen-bond acceptors (Lipinski definition) is 7. The van der Waals surface area contributed by atoms with E-state index in [-0.39, 0.29) is 11.8 Å². The number of esters is 2. The van der Waals surface area contributed by atoms with Crippen LogP contribution >= 0.6 is 0 Å². The van der Waals surface area contributed by atoms with E-state index in [9.17, 15) is 9.59 Å². The minimum Gasteiger partial charge on any atom is -0.474 e. The Morgan fingerprint density at radius 3 is 2.36 bits per heavy atom. The molecule has 7 nitrogen and oxygen atoms in total. The second-order valence-electron chi connectivity index (χ2n) is 5.69. The molecule has 0 spiro atoms.